The van der Waals surface area contributed by atoms with Crippen molar-refractivity contribution in [2.75, 3.05) is 12.4 Å². The fourth-order valence-corrected chi connectivity index (χ4v) is 2.06. The average molecular weight is 299 g/mol. The number of carbonyl (C=O) groups is 1. The highest BCUT2D eigenvalue weighted by Crippen LogP contribution is 2.24. The van der Waals surface area contributed by atoms with Gasteiger partial charge in [-0.3, -0.25) is 5.32 Å². The Kier molecular flexibility index (Phi) is 4.99. The Morgan fingerprint density at radius 3 is 2.68 bits per heavy atom. The first-order valence-corrected chi connectivity index (χ1v) is 7.14. The lowest BCUT2D eigenvalue weighted by atomic mass is 10.0. The van der Waals surface area contributed by atoms with Crippen molar-refractivity contribution in [3.8, 4) is 5.75 Å². The molecule has 1 aromatic carbocycles. The first kappa shape index (κ1) is 15.8. The van der Waals surface area contributed by atoms with Gasteiger partial charge in [0.15, 0.2) is 0 Å². The third kappa shape index (κ3) is 3.75. The van der Waals surface area contributed by atoms with Crippen molar-refractivity contribution >= 4 is 11.8 Å². The molecule has 0 fully saturated rings. The van der Waals surface area contributed by atoms with Crippen LogP contribution in [0.3, 0.4) is 0 Å². The van der Waals surface area contributed by atoms with Crippen LogP contribution in [0.1, 0.15) is 22.3 Å². The molecular weight excluding hydrogens is 278 g/mol. The predicted molar refractivity (Wildman–Crippen MR) is 87.3 cm³/mol. The fourth-order valence-electron chi connectivity index (χ4n) is 2.06. The number of aryl methyl sites for hydroxylation is 1. The van der Waals surface area contributed by atoms with Gasteiger partial charge in [-0.05, 0) is 61.2 Å². The minimum atomic E-state index is -0.296. The third-order valence-corrected chi connectivity index (χ3v) is 3.70. The molecule has 0 atom stereocenters. The maximum atomic E-state index is 11.3. The number of rotatable bonds is 4. The normalized spacial score (nSPS) is 10.2. The maximum Gasteiger partial charge on any atom is 0.320 e. The fraction of sp³-hybridized carbons (Fsp3) is 0.294. The Morgan fingerprint density at radius 2 is 1.95 bits per heavy atom. The van der Waals surface area contributed by atoms with Gasteiger partial charge < -0.3 is 10.1 Å². The molecule has 2 N–H and O–H groups in total. The summed E-state index contributed by atoms with van der Waals surface area (Å²) in [5.74, 6) is 1.37. The van der Waals surface area contributed by atoms with Crippen molar-refractivity contribution in [2.45, 2.75) is 27.4 Å². The van der Waals surface area contributed by atoms with E-state index in [1.807, 2.05) is 12.1 Å². The first-order chi connectivity index (χ1) is 10.5. The second-order valence-corrected chi connectivity index (χ2v) is 5.17. The summed E-state index contributed by atoms with van der Waals surface area (Å²) in [7, 11) is 1.56. The van der Waals surface area contributed by atoms with Crippen LogP contribution in [0.5, 0.6) is 5.75 Å². The Hall–Kier alpha value is -2.56. The molecular formula is C17H21N3O2. The van der Waals surface area contributed by atoms with Crippen molar-refractivity contribution < 1.29 is 9.53 Å². The van der Waals surface area contributed by atoms with Crippen LogP contribution in [0.4, 0.5) is 10.6 Å². The number of amides is 2. The first-order valence-electron chi connectivity index (χ1n) is 7.14. The summed E-state index contributed by atoms with van der Waals surface area (Å²) in [4.78, 5) is 15.4. The number of hydrogen-bond donors (Lipinski definition) is 2. The van der Waals surface area contributed by atoms with Gasteiger partial charge in [-0.15, -0.1) is 0 Å². The van der Waals surface area contributed by atoms with Crippen molar-refractivity contribution in [2.24, 2.45) is 0 Å². The number of benzene rings is 1. The largest absolute Gasteiger partial charge is 0.489 e. The van der Waals surface area contributed by atoms with Gasteiger partial charge in [0.2, 0.25) is 0 Å². The van der Waals surface area contributed by atoms with E-state index in [1.165, 1.54) is 11.1 Å². The monoisotopic (exact) mass is 299 g/mol. The molecule has 5 heteroatoms. The average Bonchev–Trinajstić information content (AvgIpc) is 2.52. The van der Waals surface area contributed by atoms with Crippen LogP contribution >= 0.6 is 0 Å². The molecule has 0 unspecified atom stereocenters. The molecule has 0 radical (unpaired) electrons. The van der Waals surface area contributed by atoms with Crippen LogP contribution in [0, 0.1) is 20.8 Å². The Labute approximate surface area is 130 Å². The summed E-state index contributed by atoms with van der Waals surface area (Å²) in [6.07, 6.45) is 1.65. The molecule has 0 aliphatic carbocycles. The molecule has 1 heterocycles. The SMILES string of the molecule is CNC(=O)Nc1cc(COc2ccc(C)c(C)c2C)ccn1. The summed E-state index contributed by atoms with van der Waals surface area (Å²) in [5.41, 5.74) is 4.59. The molecule has 116 valence electrons. The summed E-state index contributed by atoms with van der Waals surface area (Å²) in [6, 6.07) is 7.41. The zero-order chi connectivity index (χ0) is 16.1. The van der Waals surface area contributed by atoms with Gasteiger partial charge >= 0.3 is 6.03 Å². The molecule has 22 heavy (non-hydrogen) atoms. The third-order valence-electron chi connectivity index (χ3n) is 3.70. The number of carbonyl (C=O) groups excluding carboxylic acids is 1. The summed E-state index contributed by atoms with van der Waals surface area (Å²) in [6.45, 7) is 6.66. The van der Waals surface area contributed by atoms with Crippen molar-refractivity contribution in [1.82, 2.24) is 10.3 Å². The predicted octanol–water partition coefficient (Wildman–Crippen LogP) is 3.34. The Bertz CT molecular complexity index is 684. The Morgan fingerprint density at radius 1 is 1.18 bits per heavy atom. The van der Waals surface area contributed by atoms with Crippen LogP contribution in [0.25, 0.3) is 0 Å². The molecule has 0 aliphatic heterocycles. The van der Waals surface area contributed by atoms with Crippen molar-refractivity contribution in [3.05, 3.63) is 52.7 Å². The van der Waals surface area contributed by atoms with Crippen LogP contribution in [0.15, 0.2) is 30.5 Å². The number of ether oxygens (including phenoxy) is 1. The van der Waals surface area contributed by atoms with E-state index >= 15 is 0 Å². The summed E-state index contributed by atoms with van der Waals surface area (Å²) >= 11 is 0. The lowest BCUT2D eigenvalue weighted by Gasteiger charge is -2.13. The zero-order valence-electron chi connectivity index (χ0n) is 13.4. The summed E-state index contributed by atoms with van der Waals surface area (Å²) < 4.78 is 5.89. The van der Waals surface area contributed by atoms with Crippen LogP contribution in [-0.4, -0.2) is 18.1 Å². The highest BCUT2D eigenvalue weighted by atomic mass is 16.5. The number of aromatic nitrogens is 1. The zero-order valence-corrected chi connectivity index (χ0v) is 13.4. The number of urea groups is 1. The number of nitrogens with zero attached hydrogens (tertiary/aromatic N) is 1. The van der Waals surface area contributed by atoms with E-state index in [1.54, 1.807) is 19.3 Å². The van der Waals surface area contributed by atoms with Gasteiger partial charge in [0.1, 0.15) is 18.2 Å². The van der Waals surface area contributed by atoms with Gasteiger partial charge in [-0.2, -0.15) is 0 Å². The van der Waals surface area contributed by atoms with E-state index in [9.17, 15) is 4.79 Å². The van der Waals surface area contributed by atoms with E-state index in [0.717, 1.165) is 16.9 Å². The summed E-state index contributed by atoms with van der Waals surface area (Å²) in [5, 5.41) is 5.13. The van der Waals surface area contributed by atoms with Gasteiger partial charge in [-0.1, -0.05) is 6.07 Å². The molecule has 0 aliphatic rings. The van der Waals surface area contributed by atoms with E-state index < -0.39 is 0 Å². The van der Waals surface area contributed by atoms with E-state index in [0.29, 0.717) is 12.4 Å². The minimum Gasteiger partial charge on any atom is -0.489 e. The molecule has 0 saturated carbocycles. The number of hydrogen-bond acceptors (Lipinski definition) is 3. The van der Waals surface area contributed by atoms with Crippen molar-refractivity contribution in [3.63, 3.8) is 0 Å². The number of nitrogens with one attached hydrogen (secondary N) is 2. The highest BCUT2D eigenvalue weighted by Gasteiger charge is 2.06. The molecule has 0 saturated heterocycles. The standard InChI is InChI=1S/C17H21N3O2/c1-11-5-6-15(13(3)12(11)2)22-10-14-7-8-19-16(9-14)20-17(21)18-4/h5-9H,10H2,1-4H3,(H2,18,19,20,21). The van der Waals surface area contributed by atoms with E-state index in [-0.39, 0.29) is 6.03 Å². The topological polar surface area (TPSA) is 63.2 Å². The molecule has 0 spiro atoms. The lowest BCUT2D eigenvalue weighted by Crippen LogP contribution is -2.25. The second kappa shape index (κ2) is 6.93. The van der Waals surface area contributed by atoms with Gasteiger partial charge in [0, 0.05) is 13.2 Å². The Balaban J connectivity index is 2.07. The molecule has 2 rings (SSSR count). The van der Waals surface area contributed by atoms with Crippen LogP contribution in [0.2, 0.25) is 0 Å². The minimum absolute atomic E-state index is 0.296. The highest BCUT2D eigenvalue weighted by molar-refractivity contribution is 5.87. The second-order valence-electron chi connectivity index (χ2n) is 5.17. The van der Waals surface area contributed by atoms with Gasteiger partial charge in [0.05, 0.1) is 0 Å². The molecule has 2 aromatic rings. The smallest absolute Gasteiger partial charge is 0.320 e. The van der Waals surface area contributed by atoms with E-state index in [2.05, 4.69) is 42.5 Å². The van der Waals surface area contributed by atoms with Crippen LogP contribution < -0.4 is 15.4 Å². The van der Waals surface area contributed by atoms with E-state index in [4.69, 9.17) is 4.74 Å². The number of pyridine rings is 1. The quantitative estimate of drug-likeness (QED) is 0.910. The van der Waals surface area contributed by atoms with Gasteiger partial charge in [0.25, 0.3) is 0 Å². The maximum absolute atomic E-state index is 11.3. The molecule has 0 bridgehead atoms. The van der Waals surface area contributed by atoms with Crippen LogP contribution in [-0.2, 0) is 6.61 Å². The van der Waals surface area contributed by atoms with Gasteiger partial charge in [-0.25, -0.2) is 9.78 Å². The molecule has 1 aromatic heterocycles. The van der Waals surface area contributed by atoms with Crippen molar-refractivity contribution in [1.29, 1.82) is 0 Å². The molecule has 5 nitrogen and oxygen atoms in total. The lowest BCUT2D eigenvalue weighted by molar-refractivity contribution is 0.254. The number of anilines is 1. The molecule has 2 amide bonds.